The maximum absolute atomic E-state index is 11.3. The minimum absolute atomic E-state index is 0.297. The maximum atomic E-state index is 11.3. The Balaban J connectivity index is 3.65. The molecule has 0 saturated heterocycles. The molecule has 0 heterocycles. The molecule has 0 amide bonds. The molecule has 0 aromatic carbocycles. The van der Waals surface area contributed by atoms with Gasteiger partial charge in [0.2, 0.25) is 4.93 Å². The predicted molar refractivity (Wildman–Crippen MR) is 114 cm³/mol. The van der Waals surface area contributed by atoms with Crippen molar-refractivity contribution in [2.45, 2.75) is 114 Å². The molecule has 2 atom stereocenters. The molecule has 0 fully saturated rings. The van der Waals surface area contributed by atoms with Gasteiger partial charge < -0.3 is 15.3 Å². The van der Waals surface area contributed by atoms with E-state index in [0.29, 0.717) is 12.8 Å². The van der Waals surface area contributed by atoms with Gasteiger partial charge >= 0.3 is 0 Å². The minimum atomic E-state index is -4.86. The molecule has 0 aliphatic heterocycles. The monoisotopic (exact) mass is 422 g/mol. The first kappa shape index (κ1) is 27.5. The van der Waals surface area contributed by atoms with Crippen LogP contribution in [-0.4, -0.2) is 45.9 Å². The Labute approximate surface area is 171 Å². The fourth-order valence-electron chi connectivity index (χ4n) is 3.24. The molecule has 0 saturated carbocycles. The fraction of sp³-hybridized carbons (Fsp3) is 0.905. The number of unbranched alkanes of at least 4 members (excludes halogenated alkanes) is 12. The van der Waals surface area contributed by atoms with Crippen LogP contribution in [0.4, 0.5) is 0 Å². The van der Waals surface area contributed by atoms with Gasteiger partial charge in [0, 0.05) is 0 Å². The third kappa shape index (κ3) is 12.2. The summed E-state index contributed by atoms with van der Waals surface area (Å²) in [4.78, 5) is -2.69. The Bertz CT molecular complexity index is 491. The highest BCUT2D eigenvalue weighted by Crippen LogP contribution is 2.25. The Morgan fingerprint density at radius 1 is 0.821 bits per heavy atom. The minimum Gasteiger partial charge on any atom is -0.394 e. The quantitative estimate of drug-likeness (QED) is 0.140. The Morgan fingerprint density at radius 3 is 1.68 bits per heavy atom. The van der Waals surface area contributed by atoms with Crippen LogP contribution >= 0.6 is 0 Å². The van der Waals surface area contributed by atoms with E-state index in [4.69, 9.17) is 9.66 Å². The molecule has 0 spiro atoms. The summed E-state index contributed by atoms with van der Waals surface area (Å²) in [5.41, 5.74) is 0. The van der Waals surface area contributed by atoms with E-state index >= 15 is 0 Å². The van der Waals surface area contributed by atoms with Gasteiger partial charge in [0.15, 0.2) is 0 Å². The van der Waals surface area contributed by atoms with E-state index in [1.807, 2.05) is 0 Å². The van der Waals surface area contributed by atoms with Gasteiger partial charge in [-0.2, -0.15) is 8.42 Å². The van der Waals surface area contributed by atoms with Gasteiger partial charge in [-0.3, -0.25) is 4.55 Å². The molecular formula is C21H42O6S. The summed E-state index contributed by atoms with van der Waals surface area (Å²) >= 11 is 0. The van der Waals surface area contributed by atoms with Crippen LogP contribution in [0, 0.1) is 0 Å². The highest BCUT2D eigenvalue weighted by Gasteiger charge is 2.46. The van der Waals surface area contributed by atoms with Crippen molar-refractivity contribution in [1.82, 2.24) is 0 Å². The van der Waals surface area contributed by atoms with Gasteiger partial charge in [-0.25, -0.2) is 0 Å². The second-order valence-electron chi connectivity index (χ2n) is 7.71. The van der Waals surface area contributed by atoms with Crippen molar-refractivity contribution in [2.24, 2.45) is 0 Å². The number of aliphatic hydroxyl groups is 3. The molecule has 0 aliphatic carbocycles. The molecule has 0 bridgehead atoms. The summed E-state index contributed by atoms with van der Waals surface area (Å²) in [6.07, 6.45) is 17.7. The SMILES string of the molecule is CCCCCCCC/C=C\CCCCCCCCC(O)(C(O)CO)S(=O)(=O)O. The van der Waals surface area contributed by atoms with E-state index in [-0.39, 0.29) is 6.42 Å². The lowest BCUT2D eigenvalue weighted by atomic mass is 10.0. The van der Waals surface area contributed by atoms with Crippen molar-refractivity contribution in [3.8, 4) is 0 Å². The summed E-state index contributed by atoms with van der Waals surface area (Å²) in [6, 6.07) is 0. The first-order valence-corrected chi connectivity index (χ1v) is 12.4. The molecule has 168 valence electrons. The molecule has 0 aromatic heterocycles. The molecule has 0 aliphatic rings. The molecule has 0 rings (SSSR count). The van der Waals surface area contributed by atoms with Gasteiger partial charge in [-0.05, 0) is 38.5 Å². The largest absolute Gasteiger partial charge is 0.394 e. The molecule has 4 N–H and O–H groups in total. The molecular weight excluding hydrogens is 380 g/mol. The summed E-state index contributed by atoms with van der Waals surface area (Å²) in [7, 11) is -4.86. The topological polar surface area (TPSA) is 115 Å². The lowest BCUT2D eigenvalue weighted by Crippen LogP contribution is -2.50. The van der Waals surface area contributed by atoms with Crippen LogP contribution in [0.5, 0.6) is 0 Å². The van der Waals surface area contributed by atoms with Gasteiger partial charge in [-0.1, -0.05) is 76.9 Å². The third-order valence-corrected chi connectivity index (χ3v) is 6.56. The van der Waals surface area contributed by atoms with Crippen molar-refractivity contribution < 1.29 is 28.3 Å². The second kappa shape index (κ2) is 16.3. The Kier molecular flexibility index (Phi) is 16.1. The van der Waals surface area contributed by atoms with Crippen LogP contribution in [0.2, 0.25) is 0 Å². The Morgan fingerprint density at radius 2 is 1.25 bits per heavy atom. The first-order valence-electron chi connectivity index (χ1n) is 10.9. The van der Waals surface area contributed by atoms with Crippen LogP contribution in [0.3, 0.4) is 0 Å². The van der Waals surface area contributed by atoms with Crippen molar-refractivity contribution in [1.29, 1.82) is 0 Å². The van der Waals surface area contributed by atoms with Crippen LogP contribution in [-0.2, 0) is 10.1 Å². The Hall–Kier alpha value is -0.470. The molecule has 0 radical (unpaired) electrons. The number of hydrogen-bond donors (Lipinski definition) is 4. The van der Waals surface area contributed by atoms with Crippen molar-refractivity contribution in [3.63, 3.8) is 0 Å². The van der Waals surface area contributed by atoms with Gasteiger partial charge in [0.1, 0.15) is 6.10 Å². The lowest BCUT2D eigenvalue weighted by molar-refractivity contribution is -0.0513. The van der Waals surface area contributed by atoms with E-state index < -0.39 is 27.8 Å². The second-order valence-corrected chi connectivity index (χ2v) is 9.36. The number of aliphatic hydroxyl groups excluding tert-OH is 2. The standard InChI is InChI=1S/C21H42O6S/c1-2-3-4-5-6-7-8-9-10-11-12-13-14-15-16-17-18-21(24,20(23)19-22)28(25,26)27/h9-10,20,22-24H,2-8,11-19H2,1H3,(H,25,26,27)/b10-9-. The maximum Gasteiger partial charge on any atom is 0.297 e. The zero-order valence-electron chi connectivity index (χ0n) is 17.6. The predicted octanol–water partition coefficient (Wildman–Crippen LogP) is 4.34. The normalized spacial score (nSPS) is 15.8. The fourth-order valence-corrected chi connectivity index (χ4v) is 4.06. The van der Waals surface area contributed by atoms with E-state index in [1.54, 1.807) is 0 Å². The van der Waals surface area contributed by atoms with Crippen molar-refractivity contribution in [3.05, 3.63) is 12.2 Å². The molecule has 28 heavy (non-hydrogen) atoms. The van der Waals surface area contributed by atoms with Crippen LogP contribution in [0.1, 0.15) is 103 Å². The summed E-state index contributed by atoms with van der Waals surface area (Å²) in [5.74, 6) is 0. The third-order valence-electron chi connectivity index (χ3n) is 5.19. The van der Waals surface area contributed by atoms with Gasteiger partial charge in [0.25, 0.3) is 10.1 Å². The van der Waals surface area contributed by atoms with Crippen molar-refractivity contribution in [2.75, 3.05) is 6.61 Å². The van der Waals surface area contributed by atoms with Crippen LogP contribution in [0.25, 0.3) is 0 Å². The highest BCUT2D eigenvalue weighted by molar-refractivity contribution is 7.87. The summed E-state index contributed by atoms with van der Waals surface area (Å²) < 4.78 is 31.7. The first-order chi connectivity index (χ1) is 13.3. The van der Waals surface area contributed by atoms with Gasteiger partial charge in [-0.15, -0.1) is 0 Å². The van der Waals surface area contributed by atoms with E-state index in [0.717, 1.165) is 32.1 Å². The molecule has 2 unspecified atom stereocenters. The van der Waals surface area contributed by atoms with Gasteiger partial charge in [0.05, 0.1) is 6.61 Å². The number of allylic oxidation sites excluding steroid dienone is 2. The zero-order valence-corrected chi connectivity index (χ0v) is 18.4. The summed E-state index contributed by atoms with van der Waals surface area (Å²) in [6.45, 7) is 1.30. The van der Waals surface area contributed by atoms with Crippen LogP contribution in [0.15, 0.2) is 12.2 Å². The molecule has 6 nitrogen and oxygen atoms in total. The number of hydrogen-bond acceptors (Lipinski definition) is 5. The summed E-state index contributed by atoms with van der Waals surface area (Å²) in [5, 5.41) is 28.3. The average Bonchev–Trinajstić information content (AvgIpc) is 2.65. The average molecular weight is 423 g/mol. The zero-order chi connectivity index (χ0) is 21.3. The molecule has 0 aromatic rings. The van der Waals surface area contributed by atoms with E-state index in [1.165, 1.54) is 44.9 Å². The molecule has 7 heteroatoms. The van der Waals surface area contributed by atoms with Crippen molar-refractivity contribution >= 4 is 10.1 Å². The number of rotatable bonds is 19. The van der Waals surface area contributed by atoms with Crippen LogP contribution < -0.4 is 0 Å². The lowest BCUT2D eigenvalue weighted by Gasteiger charge is -2.28. The highest BCUT2D eigenvalue weighted by atomic mass is 32.2. The van der Waals surface area contributed by atoms with E-state index in [9.17, 15) is 18.6 Å². The smallest absolute Gasteiger partial charge is 0.297 e. The van der Waals surface area contributed by atoms with E-state index in [2.05, 4.69) is 19.1 Å².